The van der Waals surface area contributed by atoms with E-state index in [-0.39, 0.29) is 0 Å². The molecule has 1 N–H and O–H groups in total. The topological polar surface area (TPSA) is 12.0 Å². The zero-order valence-electron chi connectivity index (χ0n) is 24.2. The van der Waals surface area contributed by atoms with Crippen LogP contribution in [0.3, 0.4) is 0 Å². The van der Waals surface area contributed by atoms with Gasteiger partial charge in [-0.05, 0) is 123 Å². The van der Waals surface area contributed by atoms with Gasteiger partial charge in [0.2, 0.25) is 0 Å². The minimum atomic E-state index is 0.710. The molecule has 1 fully saturated rings. The Morgan fingerprint density at radius 2 is 1.24 bits per heavy atom. The largest absolute Gasteiger partial charge is 0.316 e. The molecule has 38 heavy (non-hydrogen) atoms. The second-order valence-corrected chi connectivity index (χ2v) is 11.5. The average molecular weight is 510 g/mol. The van der Waals surface area contributed by atoms with Crippen molar-refractivity contribution in [1.82, 2.24) is 5.32 Å². The predicted molar refractivity (Wildman–Crippen MR) is 165 cm³/mol. The number of rotatable bonds is 15. The van der Waals surface area contributed by atoms with Gasteiger partial charge in [0.05, 0.1) is 0 Å². The second kappa shape index (κ2) is 15.9. The van der Waals surface area contributed by atoms with Gasteiger partial charge in [-0.1, -0.05) is 106 Å². The molecule has 0 spiro atoms. The number of piperidine rings is 1. The van der Waals surface area contributed by atoms with Gasteiger partial charge in [-0.2, -0.15) is 0 Å². The van der Waals surface area contributed by atoms with Crippen molar-refractivity contribution >= 4 is 0 Å². The maximum absolute atomic E-state index is 3.69. The summed E-state index contributed by atoms with van der Waals surface area (Å²) in [6.45, 7) is 6.89. The first-order valence-electron chi connectivity index (χ1n) is 15.7. The zero-order valence-corrected chi connectivity index (χ0v) is 24.2. The van der Waals surface area contributed by atoms with E-state index in [9.17, 15) is 0 Å². The Balaban J connectivity index is 1.20. The Bertz CT molecular complexity index is 1070. The van der Waals surface area contributed by atoms with E-state index in [0.717, 1.165) is 18.9 Å². The van der Waals surface area contributed by atoms with E-state index in [1.54, 1.807) is 22.3 Å². The van der Waals surface area contributed by atoms with Crippen molar-refractivity contribution in [2.24, 2.45) is 5.92 Å². The number of aryl methyl sites for hydroxylation is 5. The highest BCUT2D eigenvalue weighted by Gasteiger charge is 2.26. The van der Waals surface area contributed by atoms with Crippen molar-refractivity contribution in [2.45, 2.75) is 103 Å². The molecule has 0 saturated carbocycles. The van der Waals surface area contributed by atoms with Crippen LogP contribution in [0, 0.1) is 5.92 Å². The Labute approximate surface area is 233 Å². The minimum Gasteiger partial charge on any atom is -0.316 e. The molecule has 0 amide bonds. The molecule has 1 nitrogen and oxygen atoms in total. The van der Waals surface area contributed by atoms with E-state index < -0.39 is 0 Å². The molecule has 3 aromatic rings. The van der Waals surface area contributed by atoms with Crippen molar-refractivity contribution in [3.05, 3.63) is 106 Å². The van der Waals surface area contributed by atoms with Crippen LogP contribution in [-0.2, 0) is 32.1 Å². The van der Waals surface area contributed by atoms with Crippen LogP contribution in [0.25, 0.3) is 0 Å². The number of hydrogen-bond acceptors (Lipinski definition) is 1. The normalized spacial score (nSPS) is 17.5. The van der Waals surface area contributed by atoms with E-state index in [2.05, 4.69) is 92.0 Å². The third kappa shape index (κ3) is 8.57. The van der Waals surface area contributed by atoms with Gasteiger partial charge in [-0.15, -0.1) is 0 Å². The van der Waals surface area contributed by atoms with E-state index >= 15 is 0 Å². The molecule has 4 rings (SSSR count). The third-order valence-corrected chi connectivity index (χ3v) is 8.84. The second-order valence-electron chi connectivity index (χ2n) is 11.5. The first-order valence-corrected chi connectivity index (χ1v) is 15.7. The summed E-state index contributed by atoms with van der Waals surface area (Å²) < 4.78 is 0. The van der Waals surface area contributed by atoms with Crippen LogP contribution in [0.4, 0.5) is 0 Å². The van der Waals surface area contributed by atoms with E-state index in [4.69, 9.17) is 0 Å². The van der Waals surface area contributed by atoms with Gasteiger partial charge >= 0.3 is 0 Å². The fourth-order valence-electron chi connectivity index (χ4n) is 6.61. The fourth-order valence-corrected chi connectivity index (χ4v) is 6.61. The lowest BCUT2D eigenvalue weighted by Gasteiger charge is -2.33. The van der Waals surface area contributed by atoms with Crippen molar-refractivity contribution in [1.29, 1.82) is 0 Å². The molecule has 0 aromatic heterocycles. The molecule has 2 atom stereocenters. The summed E-state index contributed by atoms with van der Waals surface area (Å²) in [6.07, 6.45) is 16.5. The number of unbranched alkanes of at least 4 members (excludes halogenated alkanes) is 3. The number of nitrogens with one attached hydrogen (secondary N) is 1. The van der Waals surface area contributed by atoms with Crippen molar-refractivity contribution in [3.63, 3.8) is 0 Å². The standard InChI is InChI=1S/C37H51N/c1-3-14-32-18-11-12-20-34(32)21-13-22-36-29-38-28-27-37(36)35-25-23-30(24-26-35)15-7-5-6-8-17-33-19-10-9-16-31(33)4-2/h9-12,16,18-20,23-26,36-38H,3-8,13-15,17,21-22,27-29H2,1-2H3. The van der Waals surface area contributed by atoms with Crippen LogP contribution in [0.5, 0.6) is 0 Å². The maximum atomic E-state index is 3.69. The average Bonchev–Trinajstić information content (AvgIpc) is 2.97. The van der Waals surface area contributed by atoms with Gasteiger partial charge in [0.15, 0.2) is 0 Å². The zero-order chi connectivity index (χ0) is 26.4. The molecule has 204 valence electrons. The van der Waals surface area contributed by atoms with Crippen LogP contribution in [0.2, 0.25) is 0 Å². The molecule has 1 heteroatoms. The Morgan fingerprint density at radius 3 is 1.92 bits per heavy atom. The molecule has 1 heterocycles. The molecule has 1 saturated heterocycles. The van der Waals surface area contributed by atoms with Crippen LogP contribution in [0.15, 0.2) is 72.8 Å². The van der Waals surface area contributed by atoms with Crippen LogP contribution < -0.4 is 5.32 Å². The predicted octanol–water partition coefficient (Wildman–Crippen LogP) is 9.26. The molecule has 3 aromatic carbocycles. The molecule has 0 aliphatic carbocycles. The van der Waals surface area contributed by atoms with Gasteiger partial charge in [0.25, 0.3) is 0 Å². The molecule has 0 radical (unpaired) electrons. The summed E-state index contributed by atoms with van der Waals surface area (Å²) in [5.41, 5.74) is 9.31. The Morgan fingerprint density at radius 1 is 0.632 bits per heavy atom. The lowest BCUT2D eigenvalue weighted by atomic mass is 9.78. The molecular weight excluding hydrogens is 458 g/mol. The van der Waals surface area contributed by atoms with E-state index in [1.165, 1.54) is 94.7 Å². The monoisotopic (exact) mass is 509 g/mol. The highest BCUT2D eigenvalue weighted by molar-refractivity contribution is 5.29. The van der Waals surface area contributed by atoms with Gasteiger partial charge < -0.3 is 5.32 Å². The highest BCUT2D eigenvalue weighted by Crippen LogP contribution is 2.34. The smallest absolute Gasteiger partial charge is 0.00147 e. The molecule has 1 aliphatic heterocycles. The van der Waals surface area contributed by atoms with Gasteiger partial charge in [-0.3, -0.25) is 0 Å². The van der Waals surface area contributed by atoms with Gasteiger partial charge in [0.1, 0.15) is 0 Å². The summed E-state index contributed by atoms with van der Waals surface area (Å²) in [6, 6.07) is 27.8. The lowest BCUT2D eigenvalue weighted by Crippen LogP contribution is -2.35. The van der Waals surface area contributed by atoms with Crippen LogP contribution >= 0.6 is 0 Å². The summed E-state index contributed by atoms with van der Waals surface area (Å²) in [5.74, 6) is 1.47. The summed E-state index contributed by atoms with van der Waals surface area (Å²) in [7, 11) is 0. The third-order valence-electron chi connectivity index (χ3n) is 8.84. The van der Waals surface area contributed by atoms with Gasteiger partial charge in [-0.25, -0.2) is 0 Å². The van der Waals surface area contributed by atoms with Gasteiger partial charge in [0, 0.05) is 0 Å². The molecule has 0 bridgehead atoms. The van der Waals surface area contributed by atoms with Crippen molar-refractivity contribution in [2.75, 3.05) is 13.1 Å². The van der Waals surface area contributed by atoms with Crippen molar-refractivity contribution in [3.8, 4) is 0 Å². The Kier molecular flexibility index (Phi) is 12.0. The van der Waals surface area contributed by atoms with E-state index in [0.29, 0.717) is 5.92 Å². The minimum absolute atomic E-state index is 0.710. The first kappa shape index (κ1) is 28.6. The fraction of sp³-hybridized carbons (Fsp3) is 0.514. The highest BCUT2D eigenvalue weighted by atomic mass is 14.9. The quantitative estimate of drug-likeness (QED) is 0.201. The molecular formula is C37H51N. The summed E-state index contributed by atoms with van der Waals surface area (Å²) >= 11 is 0. The summed E-state index contributed by atoms with van der Waals surface area (Å²) in [5, 5.41) is 3.69. The number of benzene rings is 3. The Hall–Kier alpha value is -2.38. The first-order chi connectivity index (χ1) is 18.8. The maximum Gasteiger partial charge on any atom is -0.00147 e. The molecule has 1 aliphatic rings. The lowest BCUT2D eigenvalue weighted by molar-refractivity contribution is 0.303. The number of hydrogen-bond donors (Lipinski definition) is 1. The van der Waals surface area contributed by atoms with Crippen LogP contribution in [-0.4, -0.2) is 13.1 Å². The summed E-state index contributed by atoms with van der Waals surface area (Å²) in [4.78, 5) is 0. The SMILES string of the molecule is CCCc1ccccc1CCCC1CNCCC1c1ccc(CCCCCCc2ccccc2CC)cc1. The van der Waals surface area contributed by atoms with Crippen LogP contribution in [0.1, 0.15) is 105 Å². The van der Waals surface area contributed by atoms with Crippen molar-refractivity contribution < 1.29 is 0 Å². The molecule has 2 unspecified atom stereocenters. The van der Waals surface area contributed by atoms with E-state index in [1.807, 2.05) is 0 Å².